The number of carboxylic acid groups (broad SMARTS) is 1. The lowest BCUT2D eigenvalue weighted by molar-refractivity contribution is 0.0697. The van der Waals surface area contributed by atoms with Crippen LogP contribution < -0.4 is 10.2 Å². The molecule has 1 atom stereocenters. The van der Waals surface area contributed by atoms with Crippen LogP contribution >= 0.6 is 0 Å². The third-order valence-corrected chi connectivity index (χ3v) is 3.38. The molecule has 0 aliphatic carbocycles. The van der Waals surface area contributed by atoms with Gasteiger partial charge in [0.15, 0.2) is 0 Å². The number of ether oxygens (including phenoxy) is 1. The molecule has 1 heterocycles. The van der Waals surface area contributed by atoms with Gasteiger partial charge in [-0.15, -0.1) is 0 Å². The highest BCUT2D eigenvalue weighted by atomic mass is 16.5. The minimum Gasteiger partial charge on any atom is -0.491 e. The summed E-state index contributed by atoms with van der Waals surface area (Å²) in [5.41, 5.74) is 0.354. The summed E-state index contributed by atoms with van der Waals surface area (Å²) in [5, 5.41) is 18.9. The van der Waals surface area contributed by atoms with Crippen molar-refractivity contribution < 1.29 is 24.2 Å². The highest BCUT2D eigenvalue weighted by Crippen LogP contribution is 2.23. The number of rotatable bonds is 4. The first-order chi connectivity index (χ1) is 11.0. The minimum absolute atomic E-state index is 0.0527. The number of benzene rings is 2. The molecule has 3 rings (SSSR count). The number of fused-ring (bicyclic) bond motifs is 2. The summed E-state index contributed by atoms with van der Waals surface area (Å²) in [5.74, 6) is -0.635. The van der Waals surface area contributed by atoms with Crippen molar-refractivity contribution in [1.82, 2.24) is 0 Å². The lowest BCUT2D eigenvalue weighted by atomic mass is 10.1. The van der Waals surface area contributed by atoms with Crippen molar-refractivity contribution in [2.75, 3.05) is 6.61 Å². The Morgan fingerprint density at radius 2 is 1.96 bits per heavy atom. The highest BCUT2D eigenvalue weighted by molar-refractivity contribution is 5.95. The zero-order valence-electron chi connectivity index (χ0n) is 12.3. The summed E-state index contributed by atoms with van der Waals surface area (Å²) in [6, 6.07) is 8.89. The zero-order chi connectivity index (χ0) is 16.6. The first-order valence-corrected chi connectivity index (χ1v) is 7.00. The SMILES string of the molecule is CC(O)COc1ccc2oc3cc(C(=O)O)ccc3c(=O)c2c1. The molecule has 0 radical (unpaired) electrons. The van der Waals surface area contributed by atoms with Gasteiger partial charge in [-0.1, -0.05) is 0 Å². The lowest BCUT2D eigenvalue weighted by Crippen LogP contribution is -2.13. The average molecular weight is 314 g/mol. The van der Waals surface area contributed by atoms with E-state index >= 15 is 0 Å². The van der Waals surface area contributed by atoms with Crippen molar-refractivity contribution in [3.63, 3.8) is 0 Å². The van der Waals surface area contributed by atoms with Crippen LogP contribution in [0, 0.1) is 0 Å². The maximum Gasteiger partial charge on any atom is 0.335 e. The van der Waals surface area contributed by atoms with Crippen LogP contribution in [0.2, 0.25) is 0 Å². The van der Waals surface area contributed by atoms with Gasteiger partial charge < -0.3 is 19.4 Å². The van der Waals surface area contributed by atoms with Gasteiger partial charge >= 0.3 is 5.97 Å². The lowest BCUT2D eigenvalue weighted by Gasteiger charge is -2.09. The van der Waals surface area contributed by atoms with Gasteiger partial charge in [0.1, 0.15) is 23.5 Å². The van der Waals surface area contributed by atoms with Crippen molar-refractivity contribution in [2.45, 2.75) is 13.0 Å². The number of hydrogen-bond donors (Lipinski definition) is 2. The van der Waals surface area contributed by atoms with Crippen LogP contribution in [0.3, 0.4) is 0 Å². The molecular formula is C17H14O6. The molecule has 2 aromatic carbocycles. The summed E-state index contributed by atoms with van der Waals surface area (Å²) >= 11 is 0. The Morgan fingerprint density at radius 1 is 1.17 bits per heavy atom. The number of aromatic carboxylic acids is 1. The first-order valence-electron chi connectivity index (χ1n) is 7.00. The molecule has 0 saturated carbocycles. The Hall–Kier alpha value is -2.86. The van der Waals surface area contributed by atoms with Crippen LogP contribution in [0.1, 0.15) is 17.3 Å². The van der Waals surface area contributed by atoms with Crippen LogP contribution in [0.5, 0.6) is 5.75 Å². The maximum atomic E-state index is 12.5. The summed E-state index contributed by atoms with van der Waals surface area (Å²) < 4.78 is 11.0. The van der Waals surface area contributed by atoms with Crippen LogP contribution in [-0.2, 0) is 0 Å². The molecule has 3 aromatic rings. The largest absolute Gasteiger partial charge is 0.491 e. The highest BCUT2D eigenvalue weighted by Gasteiger charge is 2.12. The second kappa shape index (κ2) is 5.73. The zero-order valence-corrected chi connectivity index (χ0v) is 12.3. The van der Waals surface area contributed by atoms with E-state index in [0.717, 1.165) is 0 Å². The Bertz CT molecular complexity index is 954. The molecule has 0 bridgehead atoms. The Morgan fingerprint density at radius 3 is 2.65 bits per heavy atom. The third-order valence-electron chi connectivity index (χ3n) is 3.38. The molecule has 0 spiro atoms. The van der Waals surface area contributed by atoms with E-state index in [1.807, 2.05) is 0 Å². The molecule has 1 unspecified atom stereocenters. The number of carbonyl (C=O) groups is 1. The molecule has 6 nitrogen and oxygen atoms in total. The van der Waals surface area contributed by atoms with Crippen LogP contribution in [-0.4, -0.2) is 28.9 Å². The van der Waals surface area contributed by atoms with Gasteiger partial charge in [-0.05, 0) is 43.3 Å². The standard InChI is InChI=1S/C17H14O6/c1-9(18)8-22-11-3-5-14-13(7-11)16(19)12-4-2-10(17(20)21)6-15(12)23-14/h2-7,9,18H,8H2,1H3,(H,20,21). The van der Waals surface area contributed by atoms with Gasteiger partial charge in [0.05, 0.1) is 22.4 Å². The van der Waals surface area contributed by atoms with Crippen molar-refractivity contribution in [2.24, 2.45) is 0 Å². The molecule has 2 N–H and O–H groups in total. The molecule has 0 fully saturated rings. The van der Waals surface area contributed by atoms with Crippen LogP contribution in [0.4, 0.5) is 0 Å². The van der Waals surface area contributed by atoms with E-state index in [0.29, 0.717) is 22.1 Å². The van der Waals surface area contributed by atoms with Crippen molar-refractivity contribution in [3.05, 3.63) is 52.2 Å². The molecule has 0 aliphatic rings. The number of hydrogen-bond acceptors (Lipinski definition) is 5. The fourth-order valence-corrected chi connectivity index (χ4v) is 2.27. The second-order valence-electron chi connectivity index (χ2n) is 5.27. The van der Waals surface area contributed by atoms with Gasteiger partial charge in [-0.3, -0.25) is 4.79 Å². The summed E-state index contributed by atoms with van der Waals surface area (Å²) in [6.07, 6.45) is -0.617. The fourth-order valence-electron chi connectivity index (χ4n) is 2.27. The third kappa shape index (κ3) is 2.89. The molecule has 0 aliphatic heterocycles. The monoisotopic (exact) mass is 314 g/mol. The smallest absolute Gasteiger partial charge is 0.335 e. The van der Waals surface area contributed by atoms with Gasteiger partial charge in [0, 0.05) is 0 Å². The Balaban J connectivity index is 2.16. The van der Waals surface area contributed by atoms with Gasteiger partial charge in [-0.25, -0.2) is 4.79 Å². The molecule has 23 heavy (non-hydrogen) atoms. The van der Waals surface area contributed by atoms with E-state index in [9.17, 15) is 14.7 Å². The number of aliphatic hydroxyl groups excluding tert-OH is 1. The molecule has 1 aromatic heterocycles. The summed E-state index contributed by atoms with van der Waals surface area (Å²) in [6.45, 7) is 1.72. The van der Waals surface area contributed by atoms with Crippen LogP contribution in [0.15, 0.2) is 45.6 Å². The average Bonchev–Trinajstić information content (AvgIpc) is 2.52. The normalized spacial score (nSPS) is 12.4. The summed E-state index contributed by atoms with van der Waals surface area (Å²) in [4.78, 5) is 23.6. The predicted octanol–water partition coefficient (Wildman–Crippen LogP) is 2.40. The minimum atomic E-state index is -1.09. The topological polar surface area (TPSA) is 97.0 Å². The molecular weight excluding hydrogens is 300 g/mol. The van der Waals surface area contributed by atoms with Gasteiger partial charge in [0.2, 0.25) is 5.43 Å². The quantitative estimate of drug-likeness (QED) is 0.718. The van der Waals surface area contributed by atoms with Crippen molar-refractivity contribution >= 4 is 27.9 Å². The second-order valence-corrected chi connectivity index (χ2v) is 5.27. The Labute approximate surface area is 130 Å². The molecule has 6 heteroatoms. The maximum absolute atomic E-state index is 12.5. The van der Waals surface area contributed by atoms with E-state index in [1.54, 1.807) is 25.1 Å². The van der Waals surface area contributed by atoms with E-state index < -0.39 is 12.1 Å². The van der Waals surface area contributed by atoms with Gasteiger partial charge in [0.25, 0.3) is 0 Å². The fraction of sp³-hybridized carbons (Fsp3) is 0.176. The molecule has 118 valence electrons. The number of aliphatic hydroxyl groups is 1. The number of carboxylic acids is 1. The molecule has 0 amide bonds. The van der Waals surface area contributed by atoms with Crippen LogP contribution in [0.25, 0.3) is 21.9 Å². The Kier molecular flexibility index (Phi) is 3.75. The first kappa shape index (κ1) is 15.1. The van der Waals surface area contributed by atoms with Gasteiger partial charge in [-0.2, -0.15) is 0 Å². The predicted molar refractivity (Wildman–Crippen MR) is 84.1 cm³/mol. The summed E-state index contributed by atoms with van der Waals surface area (Å²) in [7, 11) is 0. The molecule has 0 saturated heterocycles. The van der Waals surface area contributed by atoms with E-state index in [2.05, 4.69) is 0 Å². The van der Waals surface area contributed by atoms with Crippen molar-refractivity contribution in [3.8, 4) is 5.75 Å². The van der Waals surface area contributed by atoms with E-state index in [-0.39, 0.29) is 23.2 Å². The van der Waals surface area contributed by atoms with E-state index in [4.69, 9.17) is 14.3 Å². The van der Waals surface area contributed by atoms with Crippen molar-refractivity contribution in [1.29, 1.82) is 0 Å². The van der Waals surface area contributed by atoms with E-state index in [1.165, 1.54) is 18.2 Å².